The van der Waals surface area contributed by atoms with Crippen LogP contribution in [0, 0.1) is 6.92 Å². The van der Waals surface area contributed by atoms with E-state index in [4.69, 9.17) is 21.1 Å². The molecule has 4 nitrogen and oxygen atoms in total. The number of nitrogens with zero attached hydrogens (tertiary/aromatic N) is 1. The fourth-order valence-electron chi connectivity index (χ4n) is 1.85. The number of ether oxygens (including phenoxy) is 2. The van der Waals surface area contributed by atoms with Crippen LogP contribution in [0.1, 0.15) is 11.1 Å². The van der Waals surface area contributed by atoms with Gasteiger partial charge < -0.3 is 14.4 Å². The quantitative estimate of drug-likeness (QED) is 0.788. The molecule has 1 aromatic rings. The zero-order valence-corrected chi connectivity index (χ0v) is 11.3. The van der Waals surface area contributed by atoms with E-state index in [1.54, 1.807) is 11.9 Å². The van der Waals surface area contributed by atoms with Crippen LogP contribution in [-0.4, -0.2) is 36.9 Å². The number of fused-ring (bicyclic) bond motifs is 1. The van der Waals surface area contributed by atoms with E-state index in [2.05, 4.69) is 0 Å². The lowest BCUT2D eigenvalue weighted by Crippen LogP contribution is -2.27. The third-order valence-corrected chi connectivity index (χ3v) is 3.18. The van der Waals surface area contributed by atoms with Crippen molar-refractivity contribution in [1.29, 1.82) is 0 Å². The van der Waals surface area contributed by atoms with Crippen molar-refractivity contribution in [2.45, 2.75) is 13.5 Å². The van der Waals surface area contributed by atoms with Crippen LogP contribution in [0.15, 0.2) is 12.1 Å². The summed E-state index contributed by atoms with van der Waals surface area (Å²) in [7, 11) is 1.74. The van der Waals surface area contributed by atoms with Gasteiger partial charge in [0.2, 0.25) is 5.91 Å². The van der Waals surface area contributed by atoms with E-state index >= 15 is 0 Å². The number of halogens is 1. The molecule has 0 aromatic heterocycles. The Morgan fingerprint density at radius 3 is 2.56 bits per heavy atom. The highest BCUT2D eigenvalue weighted by atomic mass is 35.5. The number of rotatable bonds is 3. The Kier molecular flexibility index (Phi) is 3.97. The molecule has 0 radical (unpaired) electrons. The molecule has 0 atom stereocenters. The second kappa shape index (κ2) is 5.48. The van der Waals surface area contributed by atoms with Crippen LogP contribution in [0.3, 0.4) is 0 Å². The minimum Gasteiger partial charge on any atom is -0.486 e. The number of carbonyl (C=O) groups excluding carboxylic acids is 1. The molecule has 0 spiro atoms. The van der Waals surface area contributed by atoms with Crippen LogP contribution in [0.5, 0.6) is 11.5 Å². The maximum absolute atomic E-state index is 11.5. The molecule has 1 aliphatic rings. The SMILES string of the molecule is Cc1cc2c(cc1CN(C)C(=O)CCl)OCCO2. The van der Waals surface area contributed by atoms with E-state index in [9.17, 15) is 4.79 Å². The Bertz CT molecular complexity index is 462. The molecule has 1 aromatic carbocycles. The smallest absolute Gasteiger partial charge is 0.237 e. The fraction of sp³-hybridized carbons (Fsp3) is 0.462. The Morgan fingerprint density at radius 1 is 1.33 bits per heavy atom. The number of alkyl halides is 1. The second-order valence-electron chi connectivity index (χ2n) is 4.31. The van der Waals surface area contributed by atoms with Crippen LogP contribution < -0.4 is 9.47 Å². The van der Waals surface area contributed by atoms with Gasteiger partial charge in [0, 0.05) is 13.6 Å². The summed E-state index contributed by atoms with van der Waals surface area (Å²) >= 11 is 5.53. The number of amides is 1. The van der Waals surface area contributed by atoms with Gasteiger partial charge in [0.25, 0.3) is 0 Å². The number of carbonyl (C=O) groups is 1. The van der Waals surface area contributed by atoms with Crippen molar-refractivity contribution in [3.8, 4) is 11.5 Å². The van der Waals surface area contributed by atoms with E-state index in [0.717, 1.165) is 22.6 Å². The maximum Gasteiger partial charge on any atom is 0.237 e. The highest BCUT2D eigenvalue weighted by Gasteiger charge is 2.16. The number of aryl methyl sites for hydroxylation is 1. The van der Waals surface area contributed by atoms with Crippen molar-refractivity contribution in [2.75, 3.05) is 26.1 Å². The number of hydrogen-bond donors (Lipinski definition) is 0. The zero-order chi connectivity index (χ0) is 13.1. The summed E-state index contributed by atoms with van der Waals surface area (Å²) in [6.45, 7) is 3.66. The first-order chi connectivity index (χ1) is 8.61. The maximum atomic E-state index is 11.5. The van der Waals surface area contributed by atoms with Crippen LogP contribution in [0.25, 0.3) is 0 Å². The Morgan fingerprint density at radius 2 is 1.94 bits per heavy atom. The molecule has 2 rings (SSSR count). The second-order valence-corrected chi connectivity index (χ2v) is 4.57. The molecule has 0 bridgehead atoms. The lowest BCUT2D eigenvalue weighted by molar-refractivity contribution is -0.127. The molecule has 0 unspecified atom stereocenters. The fourth-order valence-corrected chi connectivity index (χ4v) is 2.05. The third kappa shape index (κ3) is 2.70. The minimum atomic E-state index is -0.0917. The van der Waals surface area contributed by atoms with Crippen LogP contribution in [-0.2, 0) is 11.3 Å². The summed E-state index contributed by atoms with van der Waals surface area (Å²) in [5, 5.41) is 0. The molecule has 0 saturated heterocycles. The van der Waals surface area contributed by atoms with Crippen molar-refractivity contribution >= 4 is 17.5 Å². The van der Waals surface area contributed by atoms with Crippen LogP contribution in [0.4, 0.5) is 0 Å². The highest BCUT2D eigenvalue weighted by molar-refractivity contribution is 6.27. The normalized spacial score (nSPS) is 13.3. The summed E-state index contributed by atoms with van der Waals surface area (Å²) < 4.78 is 11.0. The summed E-state index contributed by atoms with van der Waals surface area (Å²) in [6.07, 6.45) is 0. The zero-order valence-electron chi connectivity index (χ0n) is 10.5. The van der Waals surface area contributed by atoms with Gasteiger partial charge in [-0.3, -0.25) is 4.79 Å². The molecular formula is C13H16ClNO3. The molecule has 0 aliphatic carbocycles. The van der Waals surface area contributed by atoms with E-state index in [1.807, 2.05) is 19.1 Å². The molecule has 0 fully saturated rings. The van der Waals surface area contributed by atoms with Gasteiger partial charge in [-0.05, 0) is 30.2 Å². The molecule has 1 aliphatic heterocycles. The first-order valence-corrected chi connectivity index (χ1v) is 6.34. The van der Waals surface area contributed by atoms with Gasteiger partial charge >= 0.3 is 0 Å². The van der Waals surface area contributed by atoms with Crippen LogP contribution >= 0.6 is 11.6 Å². The summed E-state index contributed by atoms with van der Waals surface area (Å²) in [5.74, 6) is 1.42. The topological polar surface area (TPSA) is 38.8 Å². The van der Waals surface area contributed by atoms with E-state index in [0.29, 0.717) is 19.8 Å². The van der Waals surface area contributed by atoms with E-state index in [-0.39, 0.29) is 11.8 Å². The third-order valence-electron chi connectivity index (χ3n) is 2.95. The summed E-state index contributed by atoms with van der Waals surface area (Å²) in [4.78, 5) is 13.1. The Hall–Kier alpha value is -1.42. The van der Waals surface area contributed by atoms with E-state index < -0.39 is 0 Å². The van der Waals surface area contributed by atoms with Gasteiger partial charge in [0.1, 0.15) is 19.1 Å². The van der Waals surface area contributed by atoms with Crippen LogP contribution in [0.2, 0.25) is 0 Å². The van der Waals surface area contributed by atoms with Gasteiger partial charge in [0.05, 0.1) is 0 Å². The van der Waals surface area contributed by atoms with Crippen molar-refractivity contribution in [3.63, 3.8) is 0 Å². The molecule has 1 amide bonds. The van der Waals surface area contributed by atoms with Gasteiger partial charge in [-0.2, -0.15) is 0 Å². The number of hydrogen-bond acceptors (Lipinski definition) is 3. The molecule has 1 heterocycles. The lowest BCUT2D eigenvalue weighted by Gasteiger charge is -2.22. The summed E-state index contributed by atoms with van der Waals surface area (Å²) in [6, 6.07) is 3.88. The summed E-state index contributed by atoms with van der Waals surface area (Å²) in [5.41, 5.74) is 2.12. The van der Waals surface area contributed by atoms with Gasteiger partial charge in [-0.1, -0.05) is 0 Å². The van der Waals surface area contributed by atoms with Crippen molar-refractivity contribution in [3.05, 3.63) is 23.3 Å². The van der Waals surface area contributed by atoms with Crippen molar-refractivity contribution < 1.29 is 14.3 Å². The first-order valence-electron chi connectivity index (χ1n) is 5.81. The highest BCUT2D eigenvalue weighted by Crippen LogP contribution is 2.33. The monoisotopic (exact) mass is 269 g/mol. The Labute approximate surface area is 111 Å². The predicted molar refractivity (Wildman–Crippen MR) is 69.4 cm³/mol. The molecule has 98 valence electrons. The van der Waals surface area contributed by atoms with Gasteiger partial charge in [0.15, 0.2) is 11.5 Å². The van der Waals surface area contributed by atoms with Gasteiger partial charge in [-0.25, -0.2) is 0 Å². The predicted octanol–water partition coefficient (Wildman–Crippen LogP) is 1.96. The molecule has 0 N–H and O–H groups in total. The molecule has 18 heavy (non-hydrogen) atoms. The van der Waals surface area contributed by atoms with Crippen molar-refractivity contribution in [2.24, 2.45) is 0 Å². The molecular weight excluding hydrogens is 254 g/mol. The Balaban J connectivity index is 2.20. The largest absolute Gasteiger partial charge is 0.486 e. The average Bonchev–Trinajstić information content (AvgIpc) is 2.38. The van der Waals surface area contributed by atoms with E-state index in [1.165, 1.54) is 0 Å². The van der Waals surface area contributed by atoms with Gasteiger partial charge in [-0.15, -0.1) is 11.6 Å². The first kappa shape index (κ1) is 13.0. The molecule has 5 heteroatoms. The average molecular weight is 270 g/mol. The lowest BCUT2D eigenvalue weighted by atomic mass is 10.1. The molecule has 0 saturated carbocycles. The number of benzene rings is 1. The van der Waals surface area contributed by atoms with Crippen molar-refractivity contribution in [1.82, 2.24) is 4.90 Å². The minimum absolute atomic E-state index is 0.0000987. The standard InChI is InChI=1S/C13H16ClNO3/c1-9-5-11-12(18-4-3-17-11)6-10(9)8-15(2)13(16)7-14/h5-6H,3-4,7-8H2,1-2H3.